The molecule has 8 rings (SSSR count). The van der Waals surface area contributed by atoms with Crippen LogP contribution in [0.2, 0.25) is 0 Å². The molecule has 1 fully saturated rings. The number of nitrogens with zero attached hydrogens (tertiary/aromatic N) is 6. The van der Waals surface area contributed by atoms with Gasteiger partial charge in [-0.25, -0.2) is 14.3 Å². The van der Waals surface area contributed by atoms with Gasteiger partial charge in [0.25, 0.3) is 0 Å². The van der Waals surface area contributed by atoms with E-state index in [1.165, 1.54) is 0 Å². The highest BCUT2D eigenvalue weighted by atomic mass is 16.5. The molecule has 1 N–H and O–H groups in total. The van der Waals surface area contributed by atoms with Gasteiger partial charge in [-0.05, 0) is 80.4 Å². The maximum atomic E-state index is 12.6. The van der Waals surface area contributed by atoms with Crippen molar-refractivity contribution in [3.8, 4) is 22.6 Å². The monoisotopic (exact) mass is 687 g/mol. The zero-order chi connectivity index (χ0) is 35.5. The molecule has 1 unspecified atom stereocenters. The van der Waals surface area contributed by atoms with Gasteiger partial charge in [-0.2, -0.15) is 5.10 Å². The number of ether oxygens (including phenoxy) is 1. The van der Waals surface area contributed by atoms with Crippen LogP contribution in [0.1, 0.15) is 42.2 Å². The van der Waals surface area contributed by atoms with Gasteiger partial charge < -0.3 is 15.0 Å². The summed E-state index contributed by atoms with van der Waals surface area (Å²) in [6.45, 7) is 1.00. The Hall–Kier alpha value is -5.90. The number of benzene rings is 5. The van der Waals surface area contributed by atoms with Crippen molar-refractivity contribution in [3.05, 3.63) is 156 Å². The molecular weight excluding hydrogens is 647 g/mol. The van der Waals surface area contributed by atoms with E-state index in [1.54, 1.807) is 0 Å². The van der Waals surface area contributed by atoms with Crippen molar-refractivity contribution < 1.29 is 9.53 Å². The second-order valence-corrected chi connectivity index (χ2v) is 13.5. The Morgan fingerprint density at radius 1 is 0.788 bits per heavy atom. The zero-order valence-corrected chi connectivity index (χ0v) is 29.4. The minimum absolute atomic E-state index is 0.0744. The quantitative estimate of drug-likeness (QED) is 0.147. The molecule has 1 aliphatic heterocycles. The van der Waals surface area contributed by atoms with Crippen LogP contribution in [0.3, 0.4) is 0 Å². The summed E-state index contributed by atoms with van der Waals surface area (Å²) in [5.74, 6) is 0.529. The summed E-state index contributed by atoms with van der Waals surface area (Å²) in [6, 6.07) is 45.6. The number of hydrogen-bond donors (Lipinski definition) is 1. The summed E-state index contributed by atoms with van der Waals surface area (Å²) >= 11 is 0. The number of carbonyl (C=O) groups is 1. The first-order valence-electron chi connectivity index (χ1n) is 17.8. The number of anilines is 1. The third-order valence-corrected chi connectivity index (χ3v) is 9.68. The highest BCUT2D eigenvalue weighted by molar-refractivity contribution is 5.97. The molecule has 7 aromatic rings. The van der Waals surface area contributed by atoms with E-state index in [0.29, 0.717) is 19.0 Å². The van der Waals surface area contributed by atoms with Crippen molar-refractivity contribution in [2.24, 2.45) is 0 Å². The van der Waals surface area contributed by atoms with Gasteiger partial charge in [0.2, 0.25) is 5.91 Å². The minimum Gasteiger partial charge on any atom is -0.356 e. The van der Waals surface area contributed by atoms with E-state index in [4.69, 9.17) is 19.9 Å². The van der Waals surface area contributed by atoms with Gasteiger partial charge in [-0.3, -0.25) is 4.79 Å². The highest BCUT2D eigenvalue weighted by Gasteiger charge is 2.39. The van der Waals surface area contributed by atoms with Crippen LogP contribution >= 0.6 is 0 Å². The summed E-state index contributed by atoms with van der Waals surface area (Å²) in [6.07, 6.45) is 4.71. The lowest BCUT2D eigenvalue weighted by atomic mass is 9.77. The molecule has 9 nitrogen and oxygen atoms in total. The number of aromatic nitrogens is 5. The highest BCUT2D eigenvalue weighted by Crippen LogP contribution is 2.41. The van der Waals surface area contributed by atoms with Crippen LogP contribution in [-0.2, 0) is 15.1 Å². The van der Waals surface area contributed by atoms with Crippen LogP contribution in [-0.4, -0.2) is 62.6 Å². The zero-order valence-electron chi connectivity index (χ0n) is 29.4. The first-order valence-corrected chi connectivity index (χ1v) is 17.8. The fraction of sp³-hybridized carbons (Fsp3) is 0.209. The lowest BCUT2D eigenvalue weighted by molar-refractivity contribution is -0.116. The molecule has 9 heteroatoms. The third-order valence-electron chi connectivity index (χ3n) is 9.68. The number of nitrogens with one attached hydrogen (secondary N) is 1. The first-order chi connectivity index (χ1) is 25.5. The minimum atomic E-state index is -0.773. The molecular formula is C43H41N7O2. The Labute approximate surface area is 303 Å². The molecule has 5 aromatic carbocycles. The number of rotatable bonds is 10. The van der Waals surface area contributed by atoms with Gasteiger partial charge in [0.05, 0.1) is 12.1 Å². The number of hydrogen-bond acceptors (Lipinski definition) is 6. The van der Waals surface area contributed by atoms with Crippen LogP contribution in [0.5, 0.6) is 0 Å². The van der Waals surface area contributed by atoms with Crippen molar-refractivity contribution >= 4 is 22.5 Å². The second kappa shape index (κ2) is 14.4. The predicted octanol–water partition coefficient (Wildman–Crippen LogP) is 8.00. The SMILES string of the molecule is CN(C)CC(=O)Nc1cccc(-c2nn(C3CCCCO3)c3ccc(-c4ncn(C(c5ccccc5)(c5ccccc5)c5ccccc5)n4)cc23)c1. The van der Waals surface area contributed by atoms with Crippen LogP contribution in [0, 0.1) is 0 Å². The Balaban J connectivity index is 1.26. The summed E-state index contributed by atoms with van der Waals surface area (Å²) < 4.78 is 10.2. The average Bonchev–Trinajstić information content (AvgIpc) is 3.83. The van der Waals surface area contributed by atoms with Gasteiger partial charge in [0.15, 0.2) is 12.1 Å². The van der Waals surface area contributed by atoms with Crippen molar-refractivity contribution in [1.29, 1.82) is 0 Å². The van der Waals surface area contributed by atoms with E-state index >= 15 is 0 Å². The molecule has 1 saturated heterocycles. The molecule has 52 heavy (non-hydrogen) atoms. The van der Waals surface area contributed by atoms with Gasteiger partial charge in [-0.1, -0.05) is 103 Å². The van der Waals surface area contributed by atoms with E-state index in [0.717, 1.165) is 69.4 Å². The lowest BCUT2D eigenvalue weighted by Crippen LogP contribution is -2.38. The fourth-order valence-electron chi connectivity index (χ4n) is 7.35. The van der Waals surface area contributed by atoms with Crippen molar-refractivity contribution in [2.75, 3.05) is 32.6 Å². The molecule has 0 bridgehead atoms. The van der Waals surface area contributed by atoms with E-state index in [1.807, 2.05) is 77.2 Å². The fourth-order valence-corrected chi connectivity index (χ4v) is 7.35. The molecule has 0 spiro atoms. The van der Waals surface area contributed by atoms with Gasteiger partial charge in [0.1, 0.15) is 17.6 Å². The maximum Gasteiger partial charge on any atom is 0.238 e. The van der Waals surface area contributed by atoms with Gasteiger partial charge in [0, 0.05) is 28.8 Å². The molecule has 1 amide bonds. The molecule has 3 heterocycles. The Kier molecular flexibility index (Phi) is 9.20. The first kappa shape index (κ1) is 33.3. The standard InChI is InChI=1S/C43H41N7O2/c1-48(2)29-39(51)45-36-22-14-15-31(27-36)41-37-28-32(24-25-38(37)50(46-41)40-23-12-13-26-52-40)42-44-30-49(47-42)43(33-16-6-3-7-17-33,34-18-8-4-9-19-34)35-20-10-5-11-21-35/h3-11,14-22,24-25,27-28,30,40H,12-13,23,26,29H2,1-2H3,(H,45,51). The number of carbonyl (C=O) groups excluding carboxylic acids is 1. The summed E-state index contributed by atoms with van der Waals surface area (Å²) in [5, 5.41) is 14.4. The summed E-state index contributed by atoms with van der Waals surface area (Å²) in [7, 11) is 3.76. The summed E-state index contributed by atoms with van der Waals surface area (Å²) in [4.78, 5) is 19.4. The normalized spacial score (nSPS) is 14.9. The van der Waals surface area contributed by atoms with E-state index < -0.39 is 5.54 Å². The number of fused-ring (bicyclic) bond motifs is 1. The molecule has 1 aliphatic rings. The van der Waals surface area contributed by atoms with E-state index in [2.05, 4.69) is 96.3 Å². The van der Waals surface area contributed by atoms with Crippen molar-refractivity contribution in [2.45, 2.75) is 31.0 Å². The van der Waals surface area contributed by atoms with Crippen LogP contribution < -0.4 is 5.32 Å². The largest absolute Gasteiger partial charge is 0.356 e. The Morgan fingerprint density at radius 3 is 2.08 bits per heavy atom. The van der Waals surface area contributed by atoms with Crippen LogP contribution in [0.25, 0.3) is 33.5 Å². The van der Waals surface area contributed by atoms with Crippen LogP contribution in [0.15, 0.2) is 140 Å². The van der Waals surface area contributed by atoms with Gasteiger partial charge >= 0.3 is 0 Å². The Bertz CT molecular complexity index is 2200. The molecule has 2 aromatic heterocycles. The topological polar surface area (TPSA) is 90.1 Å². The molecule has 0 saturated carbocycles. The maximum absolute atomic E-state index is 12.6. The second-order valence-electron chi connectivity index (χ2n) is 13.5. The van der Waals surface area contributed by atoms with Crippen molar-refractivity contribution in [1.82, 2.24) is 29.4 Å². The van der Waals surface area contributed by atoms with E-state index in [9.17, 15) is 4.79 Å². The third kappa shape index (κ3) is 6.29. The molecule has 0 radical (unpaired) electrons. The van der Waals surface area contributed by atoms with Gasteiger partial charge in [-0.15, -0.1) is 5.10 Å². The number of likely N-dealkylation sites (N-methyl/N-ethyl adjacent to an activating group) is 1. The van der Waals surface area contributed by atoms with Crippen molar-refractivity contribution in [3.63, 3.8) is 0 Å². The summed E-state index contributed by atoms with van der Waals surface area (Å²) in [5.41, 5.74) is 6.72. The van der Waals surface area contributed by atoms with Crippen LogP contribution in [0.4, 0.5) is 5.69 Å². The smallest absolute Gasteiger partial charge is 0.238 e. The Morgan fingerprint density at radius 2 is 1.46 bits per heavy atom. The molecule has 260 valence electrons. The lowest BCUT2D eigenvalue weighted by Gasteiger charge is -2.35. The molecule has 0 aliphatic carbocycles. The van der Waals surface area contributed by atoms with E-state index in [-0.39, 0.29) is 12.1 Å². The number of amides is 1. The molecule has 1 atom stereocenters. The predicted molar refractivity (Wildman–Crippen MR) is 205 cm³/mol. The average molecular weight is 688 g/mol.